The molecule has 0 aliphatic carbocycles. The van der Waals surface area contributed by atoms with E-state index in [0.717, 1.165) is 0 Å². The Kier molecular flexibility index (Phi) is 3.08. The van der Waals surface area contributed by atoms with Crippen LogP contribution in [0.5, 0.6) is 0 Å². The molecule has 3 nitrogen and oxygen atoms in total. The fourth-order valence-electron chi connectivity index (χ4n) is 0.732. The van der Waals surface area contributed by atoms with E-state index < -0.39 is 14.7 Å². The Morgan fingerprint density at radius 3 is 1.73 bits per heavy atom. The zero-order valence-electron chi connectivity index (χ0n) is 7.80. The molecule has 0 saturated carbocycles. The maximum Gasteiger partial charge on any atom is 0.170 e. The molecule has 1 N–H and O–H groups in total. The largest absolute Gasteiger partial charge is 0.302 e. The maximum atomic E-state index is 11.5. The van der Waals surface area contributed by atoms with Crippen molar-refractivity contribution in [2.24, 2.45) is 0 Å². The van der Waals surface area contributed by atoms with Crippen LogP contribution in [-0.2, 0) is 9.84 Å². The topological polar surface area (TPSA) is 46.2 Å². The van der Waals surface area contributed by atoms with Crippen molar-refractivity contribution >= 4 is 9.84 Å². The molecular weight excluding hydrogens is 162 g/mol. The van der Waals surface area contributed by atoms with Crippen LogP contribution < -0.4 is 5.32 Å². The summed E-state index contributed by atoms with van der Waals surface area (Å²) >= 11 is 0. The van der Waals surface area contributed by atoms with Crippen LogP contribution in [-0.4, -0.2) is 25.6 Å². The van der Waals surface area contributed by atoms with Crippen molar-refractivity contribution < 1.29 is 8.42 Å². The van der Waals surface area contributed by atoms with Gasteiger partial charge in [-0.1, -0.05) is 0 Å². The van der Waals surface area contributed by atoms with E-state index in [2.05, 4.69) is 5.32 Å². The highest BCUT2D eigenvalue weighted by molar-refractivity contribution is 7.93. The highest BCUT2D eigenvalue weighted by atomic mass is 32.2. The fraction of sp³-hybridized carbons (Fsp3) is 1.00. The van der Waals surface area contributed by atoms with Gasteiger partial charge in [0.05, 0.1) is 5.25 Å². The number of nitrogens with one attached hydrogen (secondary N) is 1. The van der Waals surface area contributed by atoms with Crippen molar-refractivity contribution in [2.75, 3.05) is 7.05 Å². The van der Waals surface area contributed by atoms with Crippen LogP contribution in [0.15, 0.2) is 0 Å². The minimum atomic E-state index is -3.04. The molecule has 0 spiro atoms. The summed E-state index contributed by atoms with van der Waals surface area (Å²) in [4.78, 5) is -0.818. The Morgan fingerprint density at radius 1 is 1.27 bits per heavy atom. The molecule has 0 heterocycles. The van der Waals surface area contributed by atoms with E-state index >= 15 is 0 Å². The third-order valence-corrected chi connectivity index (χ3v) is 4.80. The second-order valence-electron chi connectivity index (χ2n) is 3.35. The zero-order valence-corrected chi connectivity index (χ0v) is 8.62. The second kappa shape index (κ2) is 3.11. The SMILES string of the molecule is CNC(C)(C)S(=O)(=O)C(C)C. The fourth-order valence-corrected chi connectivity index (χ4v) is 2.19. The van der Waals surface area contributed by atoms with Crippen LogP contribution in [0, 0.1) is 0 Å². The molecule has 0 unspecified atom stereocenters. The summed E-state index contributed by atoms with van der Waals surface area (Å²) in [5, 5.41) is 2.45. The lowest BCUT2D eigenvalue weighted by Crippen LogP contribution is -2.47. The van der Waals surface area contributed by atoms with Gasteiger partial charge in [0.1, 0.15) is 4.87 Å². The molecule has 0 aromatic carbocycles. The van der Waals surface area contributed by atoms with Gasteiger partial charge in [0.2, 0.25) is 0 Å². The van der Waals surface area contributed by atoms with E-state index in [4.69, 9.17) is 0 Å². The zero-order chi connectivity index (χ0) is 9.28. The standard InChI is InChI=1S/C7H17NO2S/c1-6(2)11(9,10)7(3,4)8-5/h6,8H,1-5H3. The Morgan fingerprint density at radius 2 is 1.64 bits per heavy atom. The van der Waals surface area contributed by atoms with Crippen LogP contribution in [0.25, 0.3) is 0 Å². The summed E-state index contributed by atoms with van der Waals surface area (Å²) in [6.07, 6.45) is 0. The average molecular weight is 179 g/mol. The van der Waals surface area contributed by atoms with E-state index in [9.17, 15) is 8.42 Å². The van der Waals surface area contributed by atoms with Crippen molar-refractivity contribution in [1.82, 2.24) is 5.32 Å². The van der Waals surface area contributed by atoms with Crippen molar-refractivity contribution in [1.29, 1.82) is 0 Å². The first-order valence-electron chi connectivity index (χ1n) is 3.68. The van der Waals surface area contributed by atoms with E-state index in [-0.39, 0.29) is 5.25 Å². The smallest absolute Gasteiger partial charge is 0.170 e. The summed E-state index contributed by atoms with van der Waals surface area (Å²) in [5.74, 6) is 0. The quantitative estimate of drug-likeness (QED) is 0.696. The molecule has 0 fully saturated rings. The van der Waals surface area contributed by atoms with Gasteiger partial charge >= 0.3 is 0 Å². The van der Waals surface area contributed by atoms with Crippen LogP contribution in [0.4, 0.5) is 0 Å². The first-order chi connectivity index (χ1) is 4.75. The van der Waals surface area contributed by atoms with Crippen LogP contribution >= 0.6 is 0 Å². The van der Waals surface area contributed by atoms with Crippen molar-refractivity contribution in [3.63, 3.8) is 0 Å². The summed E-state index contributed by atoms with van der Waals surface area (Å²) in [6.45, 7) is 6.72. The monoisotopic (exact) mass is 179 g/mol. The predicted molar refractivity (Wildman–Crippen MR) is 47.2 cm³/mol. The van der Waals surface area contributed by atoms with E-state index in [1.165, 1.54) is 0 Å². The first kappa shape index (κ1) is 10.9. The van der Waals surface area contributed by atoms with Crippen molar-refractivity contribution in [3.05, 3.63) is 0 Å². The molecule has 0 aliphatic heterocycles. The van der Waals surface area contributed by atoms with Crippen molar-refractivity contribution in [2.45, 2.75) is 37.8 Å². The summed E-state index contributed by atoms with van der Waals surface area (Å²) in [6, 6.07) is 0. The molecule has 0 saturated heterocycles. The Labute approximate surface area is 69.1 Å². The third-order valence-electron chi connectivity index (χ3n) is 1.93. The molecule has 0 aromatic rings. The molecule has 68 valence electrons. The molecule has 0 aliphatic rings. The van der Waals surface area contributed by atoms with Crippen molar-refractivity contribution in [3.8, 4) is 0 Å². The summed E-state index contributed by atoms with van der Waals surface area (Å²) in [7, 11) is -1.38. The van der Waals surface area contributed by atoms with E-state index in [1.54, 1.807) is 34.7 Å². The molecular formula is C7H17NO2S. The first-order valence-corrected chi connectivity index (χ1v) is 5.22. The van der Waals surface area contributed by atoms with Crippen LogP contribution in [0.3, 0.4) is 0 Å². The summed E-state index contributed by atoms with van der Waals surface area (Å²) in [5.41, 5.74) is 0. The lowest BCUT2D eigenvalue weighted by molar-refractivity contribution is 0.503. The number of rotatable bonds is 3. The third kappa shape index (κ3) is 1.93. The Bertz CT molecular complexity index is 217. The van der Waals surface area contributed by atoms with Gasteiger partial charge in [0, 0.05) is 0 Å². The average Bonchev–Trinajstić information content (AvgIpc) is 1.87. The molecule has 0 bridgehead atoms. The highest BCUT2D eigenvalue weighted by Gasteiger charge is 2.34. The van der Waals surface area contributed by atoms with Gasteiger partial charge in [0.15, 0.2) is 9.84 Å². The highest BCUT2D eigenvalue weighted by Crippen LogP contribution is 2.17. The minimum absolute atomic E-state index is 0.329. The van der Waals surface area contributed by atoms with Gasteiger partial charge in [0.25, 0.3) is 0 Å². The Hall–Kier alpha value is -0.0900. The molecule has 0 aromatic heterocycles. The normalized spacial score (nSPS) is 14.0. The van der Waals surface area contributed by atoms with Gasteiger partial charge in [-0.2, -0.15) is 0 Å². The van der Waals surface area contributed by atoms with Gasteiger partial charge in [-0.15, -0.1) is 0 Å². The number of sulfone groups is 1. The van der Waals surface area contributed by atoms with Gasteiger partial charge < -0.3 is 5.32 Å². The van der Waals surface area contributed by atoms with E-state index in [0.29, 0.717) is 0 Å². The van der Waals surface area contributed by atoms with Gasteiger partial charge in [-0.05, 0) is 34.7 Å². The number of hydrogen-bond donors (Lipinski definition) is 1. The van der Waals surface area contributed by atoms with Gasteiger partial charge in [-0.25, -0.2) is 8.42 Å². The molecule has 0 atom stereocenters. The maximum absolute atomic E-state index is 11.5. The summed E-state index contributed by atoms with van der Waals surface area (Å²) < 4.78 is 23.0. The number of hydrogen-bond acceptors (Lipinski definition) is 3. The van der Waals surface area contributed by atoms with Crippen LogP contribution in [0.1, 0.15) is 27.7 Å². The second-order valence-corrected chi connectivity index (χ2v) is 6.41. The Balaban J connectivity index is 4.85. The molecule has 11 heavy (non-hydrogen) atoms. The molecule has 0 rings (SSSR count). The predicted octanol–water partition coefficient (Wildman–Crippen LogP) is 0.765. The molecule has 4 heteroatoms. The lowest BCUT2D eigenvalue weighted by atomic mass is 10.4. The molecule has 0 amide bonds. The van der Waals surface area contributed by atoms with E-state index in [1.807, 2.05) is 0 Å². The lowest BCUT2D eigenvalue weighted by Gasteiger charge is -2.26. The van der Waals surface area contributed by atoms with Gasteiger partial charge in [-0.3, -0.25) is 0 Å². The van der Waals surface area contributed by atoms with Crippen LogP contribution in [0.2, 0.25) is 0 Å². The minimum Gasteiger partial charge on any atom is -0.302 e. The molecule has 0 radical (unpaired) electrons.